The molecule has 1 fully saturated rings. The predicted molar refractivity (Wildman–Crippen MR) is 139 cm³/mol. The number of alkyl halides is 3. The van der Waals surface area contributed by atoms with Crippen molar-refractivity contribution in [2.75, 3.05) is 13.2 Å². The van der Waals surface area contributed by atoms with Crippen LogP contribution in [0.5, 0.6) is 5.75 Å². The first-order valence-corrected chi connectivity index (χ1v) is 14.3. The molecule has 3 rings (SSSR count). The second kappa shape index (κ2) is 13.9. The molecule has 1 aliphatic rings. The Hall–Kier alpha value is -2.49. The lowest BCUT2D eigenvalue weighted by atomic mass is 9.98. The maximum Gasteiger partial charge on any atom is 0.416 e. The first-order chi connectivity index (χ1) is 18.9. The molecule has 40 heavy (non-hydrogen) atoms. The van der Waals surface area contributed by atoms with E-state index in [1.165, 1.54) is 6.08 Å². The number of aliphatic hydroxyl groups is 1. The number of aliphatic hydroxyl groups excluding tert-OH is 1. The number of carbonyl (C=O) groups is 1. The first kappa shape index (κ1) is 32.0. The summed E-state index contributed by atoms with van der Waals surface area (Å²) >= 11 is 3.31. The average molecular weight is 653 g/mol. The van der Waals surface area contributed by atoms with Crippen molar-refractivity contribution in [1.29, 1.82) is 0 Å². The van der Waals surface area contributed by atoms with Gasteiger partial charge in [-0.1, -0.05) is 35.0 Å². The molecular weight excluding hydrogens is 625 g/mol. The number of esters is 1. The second-order valence-corrected chi connectivity index (χ2v) is 11.2. The summed E-state index contributed by atoms with van der Waals surface area (Å²) in [5.41, 5.74) is -1.18. The van der Waals surface area contributed by atoms with Crippen LogP contribution >= 0.6 is 15.9 Å². The van der Waals surface area contributed by atoms with Crippen LogP contribution in [0.3, 0.4) is 0 Å². The molecule has 1 aliphatic heterocycles. The fourth-order valence-electron chi connectivity index (χ4n) is 3.73. The van der Waals surface area contributed by atoms with Crippen molar-refractivity contribution in [3.8, 4) is 5.75 Å². The monoisotopic (exact) mass is 652 g/mol. The molecule has 1 saturated heterocycles. The van der Waals surface area contributed by atoms with Gasteiger partial charge in [0.1, 0.15) is 24.1 Å². The Balaban J connectivity index is 1.88. The Labute approximate surface area is 238 Å². The molecule has 0 aliphatic carbocycles. The van der Waals surface area contributed by atoms with E-state index in [4.69, 9.17) is 23.1 Å². The highest BCUT2D eigenvalue weighted by molar-refractivity contribution is 9.10. The molecule has 0 amide bonds. The van der Waals surface area contributed by atoms with Crippen LogP contribution in [0.1, 0.15) is 25.3 Å². The van der Waals surface area contributed by atoms with E-state index in [9.17, 15) is 31.5 Å². The molecule has 2 aromatic carbocycles. The molecule has 0 bridgehead atoms. The van der Waals surface area contributed by atoms with Crippen LogP contribution in [0.15, 0.2) is 70.6 Å². The summed E-state index contributed by atoms with van der Waals surface area (Å²) in [6, 6.07) is 9.57. The molecule has 0 radical (unpaired) electrons. The van der Waals surface area contributed by atoms with Crippen molar-refractivity contribution in [2.24, 2.45) is 0 Å². The third kappa shape index (κ3) is 8.51. The van der Waals surface area contributed by atoms with Gasteiger partial charge < -0.3 is 24.1 Å². The summed E-state index contributed by atoms with van der Waals surface area (Å²) in [5.74, 6) is -0.318. The summed E-state index contributed by atoms with van der Waals surface area (Å²) in [4.78, 5) is 11.7. The lowest BCUT2D eigenvalue weighted by Crippen LogP contribution is -2.62. The van der Waals surface area contributed by atoms with E-state index in [-0.39, 0.29) is 13.0 Å². The van der Waals surface area contributed by atoms with Gasteiger partial charge >= 0.3 is 12.1 Å². The summed E-state index contributed by atoms with van der Waals surface area (Å²) in [7, 11) is -4.70. The van der Waals surface area contributed by atoms with Crippen LogP contribution in [0, 0.1) is 0 Å². The van der Waals surface area contributed by atoms with Crippen LogP contribution in [-0.4, -0.2) is 63.4 Å². The van der Waals surface area contributed by atoms with Gasteiger partial charge in [0.15, 0.2) is 6.10 Å². The van der Waals surface area contributed by atoms with E-state index in [0.717, 1.165) is 22.7 Å². The summed E-state index contributed by atoms with van der Waals surface area (Å²) in [5, 5.41) is 11.0. The van der Waals surface area contributed by atoms with Crippen LogP contribution in [0.4, 0.5) is 13.2 Å². The summed E-state index contributed by atoms with van der Waals surface area (Å²) in [6.07, 6.45) is -9.79. The molecule has 14 heteroatoms. The second-order valence-electron chi connectivity index (χ2n) is 8.66. The zero-order chi connectivity index (χ0) is 29.5. The minimum absolute atomic E-state index is 0.0630. The van der Waals surface area contributed by atoms with Crippen molar-refractivity contribution in [1.82, 2.24) is 0 Å². The molecule has 0 spiro atoms. The molecule has 0 saturated carbocycles. The smallest absolute Gasteiger partial charge is 0.416 e. The number of carbonyl (C=O) groups excluding carboxylic acids is 1. The van der Waals surface area contributed by atoms with Gasteiger partial charge in [0, 0.05) is 10.9 Å². The number of rotatable bonds is 12. The summed E-state index contributed by atoms with van der Waals surface area (Å²) < 4.78 is 93.4. The number of halogens is 4. The molecule has 0 aromatic heterocycles. The minimum Gasteiger partial charge on any atom is -0.461 e. The van der Waals surface area contributed by atoms with Gasteiger partial charge in [0.25, 0.3) is 10.1 Å². The van der Waals surface area contributed by atoms with Gasteiger partial charge in [-0.25, -0.2) is 0 Å². The van der Waals surface area contributed by atoms with Crippen molar-refractivity contribution in [3.63, 3.8) is 0 Å². The lowest BCUT2D eigenvalue weighted by molar-refractivity contribution is -0.287. The predicted octanol–water partition coefficient (Wildman–Crippen LogP) is 4.62. The average Bonchev–Trinajstić information content (AvgIpc) is 2.90. The van der Waals surface area contributed by atoms with Gasteiger partial charge in [0.05, 0.1) is 23.7 Å². The Bertz CT molecular complexity index is 1250. The Morgan fingerprint density at radius 2 is 1.88 bits per heavy atom. The lowest BCUT2D eigenvalue weighted by Gasteiger charge is -2.43. The van der Waals surface area contributed by atoms with Crippen molar-refractivity contribution in [2.45, 2.75) is 61.5 Å². The van der Waals surface area contributed by atoms with Crippen LogP contribution < -0.4 is 4.74 Å². The highest BCUT2D eigenvalue weighted by Crippen LogP contribution is 2.32. The quantitative estimate of drug-likeness (QED) is 0.199. The normalized spacial score (nSPS) is 23.4. The van der Waals surface area contributed by atoms with Crippen molar-refractivity contribution >= 4 is 32.0 Å². The SMILES string of the molecule is C=CCO[C@H]1[C@H](O)[C@H](COS(=O)(=O)c2cccc(C(F)(F)F)c2)O[C@@H](Oc2ccc(Br)cc2)[C@H]1OC(=O)CCC. The van der Waals surface area contributed by atoms with Gasteiger partial charge in [-0.3, -0.25) is 8.98 Å². The Morgan fingerprint density at radius 3 is 2.50 bits per heavy atom. The van der Waals surface area contributed by atoms with Crippen LogP contribution in [0.25, 0.3) is 0 Å². The third-order valence-electron chi connectivity index (χ3n) is 5.65. The first-order valence-electron chi connectivity index (χ1n) is 12.1. The van der Waals surface area contributed by atoms with E-state index < -0.39 is 70.0 Å². The highest BCUT2D eigenvalue weighted by Gasteiger charge is 2.50. The number of benzene rings is 2. The number of hydrogen-bond donors (Lipinski definition) is 1. The number of ether oxygens (including phenoxy) is 4. The fourth-order valence-corrected chi connectivity index (χ4v) is 4.96. The highest BCUT2D eigenvalue weighted by atomic mass is 79.9. The van der Waals surface area contributed by atoms with Crippen molar-refractivity contribution < 1.29 is 54.6 Å². The van der Waals surface area contributed by atoms with Crippen molar-refractivity contribution in [3.05, 3.63) is 71.2 Å². The molecular formula is C26H28BrF3O9S. The zero-order valence-electron chi connectivity index (χ0n) is 21.3. The van der Waals surface area contributed by atoms with Gasteiger partial charge in [-0.2, -0.15) is 21.6 Å². The fraction of sp³-hybridized carbons (Fsp3) is 0.423. The Kier molecular flexibility index (Phi) is 11.1. The third-order valence-corrected chi connectivity index (χ3v) is 7.46. The van der Waals surface area contributed by atoms with Gasteiger partial charge in [-0.15, -0.1) is 6.58 Å². The molecule has 0 unspecified atom stereocenters. The zero-order valence-corrected chi connectivity index (χ0v) is 23.7. The van der Waals surface area contributed by atoms with E-state index in [1.807, 2.05) is 0 Å². The van der Waals surface area contributed by atoms with Crippen LogP contribution in [0.2, 0.25) is 0 Å². The van der Waals surface area contributed by atoms with Crippen LogP contribution in [-0.2, 0) is 39.5 Å². The number of hydrogen-bond acceptors (Lipinski definition) is 9. The van der Waals surface area contributed by atoms with E-state index in [2.05, 4.69) is 22.5 Å². The molecule has 5 atom stereocenters. The topological polar surface area (TPSA) is 118 Å². The minimum atomic E-state index is -4.77. The maximum absolute atomic E-state index is 13.1. The molecule has 220 valence electrons. The molecule has 9 nitrogen and oxygen atoms in total. The standard InChI is InChI=1S/C26H28BrF3O9S/c1-3-6-21(31)39-24-23(35-13-4-2)22(32)20(38-25(24)37-18-11-9-17(27)10-12-18)15-36-40(33,34)19-8-5-7-16(14-19)26(28,29)30/h4-5,7-12,14,20,22-25,32H,2-3,6,13,15H2,1H3/t20-,22+,23-,24-,25+/m0/s1. The van der Waals surface area contributed by atoms with E-state index in [1.54, 1.807) is 31.2 Å². The van der Waals surface area contributed by atoms with E-state index in [0.29, 0.717) is 18.2 Å². The summed E-state index contributed by atoms with van der Waals surface area (Å²) in [6.45, 7) is 4.44. The molecule has 1 heterocycles. The molecule has 1 N–H and O–H groups in total. The molecule has 2 aromatic rings. The van der Waals surface area contributed by atoms with Gasteiger partial charge in [-0.05, 0) is 48.9 Å². The largest absolute Gasteiger partial charge is 0.461 e. The Morgan fingerprint density at radius 1 is 1.18 bits per heavy atom. The van der Waals surface area contributed by atoms with E-state index >= 15 is 0 Å². The van der Waals surface area contributed by atoms with Gasteiger partial charge in [0.2, 0.25) is 6.29 Å². The maximum atomic E-state index is 13.1.